The van der Waals surface area contributed by atoms with E-state index in [0.29, 0.717) is 10.8 Å². The zero-order valence-electron chi connectivity index (χ0n) is 15.9. The van der Waals surface area contributed by atoms with Crippen LogP contribution in [0.1, 0.15) is 12.0 Å². The summed E-state index contributed by atoms with van der Waals surface area (Å²) in [5, 5.41) is 8.92. The van der Waals surface area contributed by atoms with Crippen molar-refractivity contribution < 1.29 is 9.59 Å². The highest BCUT2D eigenvalue weighted by atomic mass is 32.2. The summed E-state index contributed by atoms with van der Waals surface area (Å²) >= 11 is 1.46. The van der Waals surface area contributed by atoms with Crippen molar-refractivity contribution in [1.29, 1.82) is 0 Å². The first-order valence-electron chi connectivity index (χ1n) is 9.05. The topological polar surface area (TPSA) is 96.0 Å². The van der Waals surface area contributed by atoms with Crippen LogP contribution in [0.4, 0.5) is 16.2 Å². The molecule has 0 radical (unpaired) electrons. The van der Waals surface area contributed by atoms with E-state index < -0.39 is 0 Å². The standard InChI is InChI=1S/C21H21N5O2S/c1-15-14-17(29-21-23-11-5-12-24-21)8-9-18(15)26-19(27)10-13-22-20(28)25-16-6-3-2-4-7-16/h2-9,11-12,14H,10,13H2,1H3,(H,26,27)(H2,22,25,28). The number of benzene rings is 2. The number of aryl methyl sites for hydroxylation is 1. The Labute approximate surface area is 173 Å². The van der Waals surface area contributed by atoms with E-state index in [-0.39, 0.29) is 24.9 Å². The molecule has 0 spiro atoms. The van der Waals surface area contributed by atoms with Crippen molar-refractivity contribution in [3.05, 3.63) is 72.6 Å². The third kappa shape index (κ3) is 6.62. The first-order chi connectivity index (χ1) is 14.1. The molecule has 3 aromatic rings. The third-order valence-corrected chi connectivity index (χ3v) is 4.78. The molecule has 0 aliphatic rings. The van der Waals surface area contributed by atoms with Gasteiger partial charge in [-0.3, -0.25) is 4.79 Å². The Morgan fingerprint density at radius 2 is 1.72 bits per heavy atom. The second-order valence-electron chi connectivity index (χ2n) is 6.16. The summed E-state index contributed by atoms with van der Waals surface area (Å²) in [6.45, 7) is 2.17. The second kappa shape index (κ2) is 10.2. The lowest BCUT2D eigenvalue weighted by molar-refractivity contribution is -0.116. The van der Waals surface area contributed by atoms with Gasteiger partial charge in [0.1, 0.15) is 0 Å². The number of nitrogens with zero attached hydrogens (tertiary/aromatic N) is 2. The van der Waals surface area contributed by atoms with E-state index in [1.807, 2.05) is 43.3 Å². The highest BCUT2D eigenvalue weighted by Gasteiger charge is 2.08. The predicted molar refractivity (Wildman–Crippen MR) is 114 cm³/mol. The lowest BCUT2D eigenvalue weighted by Gasteiger charge is -2.11. The summed E-state index contributed by atoms with van der Waals surface area (Å²) < 4.78 is 0. The molecule has 0 fully saturated rings. The molecule has 3 N–H and O–H groups in total. The van der Waals surface area contributed by atoms with Crippen molar-refractivity contribution in [2.24, 2.45) is 0 Å². The minimum atomic E-state index is -0.343. The van der Waals surface area contributed by atoms with Crippen LogP contribution in [0, 0.1) is 6.92 Å². The van der Waals surface area contributed by atoms with Gasteiger partial charge in [-0.15, -0.1) is 0 Å². The molecule has 0 bridgehead atoms. The van der Waals surface area contributed by atoms with Gasteiger partial charge in [0.15, 0.2) is 5.16 Å². The van der Waals surface area contributed by atoms with Gasteiger partial charge in [-0.1, -0.05) is 18.2 Å². The Morgan fingerprint density at radius 3 is 2.45 bits per heavy atom. The van der Waals surface area contributed by atoms with Crippen molar-refractivity contribution in [3.8, 4) is 0 Å². The van der Waals surface area contributed by atoms with Crippen molar-refractivity contribution in [2.45, 2.75) is 23.4 Å². The molecule has 8 heteroatoms. The number of urea groups is 1. The normalized spacial score (nSPS) is 10.2. The van der Waals surface area contributed by atoms with Crippen LogP contribution in [-0.4, -0.2) is 28.5 Å². The Hall–Kier alpha value is -3.39. The zero-order chi connectivity index (χ0) is 20.5. The number of carbonyl (C=O) groups excluding carboxylic acids is 2. The number of carbonyl (C=O) groups is 2. The summed E-state index contributed by atoms with van der Waals surface area (Å²) in [6, 6.07) is 16.3. The van der Waals surface area contributed by atoms with Gasteiger partial charge in [0, 0.05) is 41.6 Å². The Kier molecular flexibility index (Phi) is 7.18. The van der Waals surface area contributed by atoms with Gasteiger partial charge in [0.05, 0.1) is 0 Å². The summed E-state index contributed by atoms with van der Waals surface area (Å²) in [7, 11) is 0. The molecule has 2 aromatic carbocycles. The maximum atomic E-state index is 12.2. The van der Waals surface area contributed by atoms with E-state index >= 15 is 0 Å². The number of hydrogen-bond donors (Lipinski definition) is 3. The smallest absolute Gasteiger partial charge is 0.319 e. The van der Waals surface area contributed by atoms with Crippen LogP contribution in [0.25, 0.3) is 0 Å². The summed E-state index contributed by atoms with van der Waals surface area (Å²) in [5.74, 6) is -0.167. The van der Waals surface area contributed by atoms with Crippen molar-refractivity contribution in [2.75, 3.05) is 17.2 Å². The fourth-order valence-electron chi connectivity index (χ4n) is 2.48. The molecule has 3 rings (SSSR count). The molecule has 7 nitrogen and oxygen atoms in total. The number of hydrogen-bond acceptors (Lipinski definition) is 5. The first-order valence-corrected chi connectivity index (χ1v) is 9.87. The average Bonchev–Trinajstić information content (AvgIpc) is 2.71. The van der Waals surface area contributed by atoms with E-state index in [4.69, 9.17) is 0 Å². The molecular formula is C21H21N5O2S. The number of aromatic nitrogens is 2. The highest BCUT2D eigenvalue weighted by molar-refractivity contribution is 7.99. The van der Waals surface area contributed by atoms with Gasteiger partial charge in [-0.25, -0.2) is 14.8 Å². The molecule has 0 aliphatic carbocycles. The Balaban J connectivity index is 1.44. The molecule has 0 unspecified atom stereocenters. The number of rotatable bonds is 7. The molecule has 0 aliphatic heterocycles. The molecule has 0 saturated heterocycles. The quantitative estimate of drug-likeness (QED) is 0.513. The lowest BCUT2D eigenvalue weighted by atomic mass is 10.2. The zero-order valence-corrected chi connectivity index (χ0v) is 16.7. The summed E-state index contributed by atoms with van der Waals surface area (Å²) in [5.41, 5.74) is 2.38. The molecule has 0 atom stereocenters. The molecule has 3 amide bonds. The van der Waals surface area contributed by atoms with Gasteiger partial charge in [-0.2, -0.15) is 0 Å². The monoisotopic (exact) mass is 407 g/mol. The SMILES string of the molecule is Cc1cc(Sc2ncccn2)ccc1NC(=O)CCNC(=O)Nc1ccccc1. The maximum absolute atomic E-state index is 12.2. The first kappa shape index (κ1) is 20.3. The van der Waals surface area contributed by atoms with Gasteiger partial charge >= 0.3 is 6.03 Å². The van der Waals surface area contributed by atoms with Crippen LogP contribution in [0.2, 0.25) is 0 Å². The van der Waals surface area contributed by atoms with E-state index in [0.717, 1.165) is 16.1 Å². The average molecular weight is 407 g/mol. The van der Waals surface area contributed by atoms with Crippen LogP contribution in [0.15, 0.2) is 77.0 Å². The van der Waals surface area contributed by atoms with Crippen LogP contribution < -0.4 is 16.0 Å². The Bertz CT molecular complexity index is 967. The highest BCUT2D eigenvalue weighted by Crippen LogP contribution is 2.27. The van der Waals surface area contributed by atoms with E-state index in [2.05, 4.69) is 25.9 Å². The van der Waals surface area contributed by atoms with Gasteiger partial charge in [0.25, 0.3) is 0 Å². The molecule has 0 saturated carbocycles. The number of nitrogens with one attached hydrogen (secondary N) is 3. The molecule has 1 heterocycles. The summed E-state index contributed by atoms with van der Waals surface area (Å²) in [6.07, 6.45) is 3.58. The molecule has 1 aromatic heterocycles. The Morgan fingerprint density at radius 1 is 0.966 bits per heavy atom. The maximum Gasteiger partial charge on any atom is 0.319 e. The van der Waals surface area contributed by atoms with Crippen molar-refractivity contribution >= 4 is 35.1 Å². The summed E-state index contributed by atoms with van der Waals surface area (Å²) in [4.78, 5) is 33.4. The van der Waals surface area contributed by atoms with Gasteiger partial charge in [0.2, 0.25) is 5.91 Å². The van der Waals surface area contributed by atoms with E-state index in [1.165, 1.54) is 11.8 Å². The van der Waals surface area contributed by atoms with Crippen molar-refractivity contribution in [1.82, 2.24) is 15.3 Å². The van der Waals surface area contributed by atoms with E-state index in [9.17, 15) is 9.59 Å². The van der Waals surface area contributed by atoms with Gasteiger partial charge in [-0.05, 0) is 60.6 Å². The minimum absolute atomic E-state index is 0.167. The second-order valence-corrected chi connectivity index (χ2v) is 7.20. The van der Waals surface area contributed by atoms with Crippen LogP contribution in [0.3, 0.4) is 0 Å². The van der Waals surface area contributed by atoms with Crippen LogP contribution in [-0.2, 0) is 4.79 Å². The van der Waals surface area contributed by atoms with Crippen LogP contribution in [0.5, 0.6) is 0 Å². The third-order valence-electron chi connectivity index (χ3n) is 3.89. The molecule has 148 valence electrons. The van der Waals surface area contributed by atoms with Crippen LogP contribution >= 0.6 is 11.8 Å². The molecular weight excluding hydrogens is 386 g/mol. The molecule has 29 heavy (non-hydrogen) atoms. The number of para-hydroxylation sites is 1. The fourth-order valence-corrected chi connectivity index (χ4v) is 3.29. The largest absolute Gasteiger partial charge is 0.337 e. The number of anilines is 2. The number of amides is 3. The van der Waals surface area contributed by atoms with Crippen molar-refractivity contribution in [3.63, 3.8) is 0 Å². The van der Waals surface area contributed by atoms with E-state index in [1.54, 1.807) is 30.6 Å². The van der Waals surface area contributed by atoms with Gasteiger partial charge < -0.3 is 16.0 Å². The minimum Gasteiger partial charge on any atom is -0.337 e. The fraction of sp³-hybridized carbons (Fsp3) is 0.143. The predicted octanol–water partition coefficient (Wildman–Crippen LogP) is 4.09. The lowest BCUT2D eigenvalue weighted by Crippen LogP contribution is -2.31.